The van der Waals surface area contributed by atoms with Crippen molar-refractivity contribution in [3.05, 3.63) is 58.1 Å². The summed E-state index contributed by atoms with van der Waals surface area (Å²) in [5.74, 6) is 1.68. The molecule has 2 rings (SSSR count). The molecule has 0 heterocycles. The average Bonchev–Trinajstić information content (AvgIpc) is 2.47. The van der Waals surface area contributed by atoms with E-state index >= 15 is 0 Å². The highest BCUT2D eigenvalue weighted by atomic mass is 79.9. The molecule has 0 radical (unpaired) electrons. The van der Waals surface area contributed by atoms with E-state index in [1.807, 2.05) is 49.4 Å². The average molecular weight is 350 g/mol. The van der Waals surface area contributed by atoms with Crippen molar-refractivity contribution in [1.29, 1.82) is 0 Å². The van der Waals surface area contributed by atoms with Crippen molar-refractivity contribution in [3.8, 4) is 11.5 Å². The molecule has 2 N–H and O–H groups in total. The highest BCUT2D eigenvalue weighted by Crippen LogP contribution is 2.26. The highest BCUT2D eigenvalue weighted by molar-refractivity contribution is 9.10. The molecule has 0 aliphatic carbocycles. The van der Waals surface area contributed by atoms with Gasteiger partial charge in [0, 0.05) is 10.5 Å². The minimum Gasteiger partial charge on any atom is -0.497 e. The zero-order chi connectivity index (χ0) is 15.2. The van der Waals surface area contributed by atoms with Crippen molar-refractivity contribution < 1.29 is 9.47 Å². The number of hydrogen-bond donors (Lipinski definition) is 1. The predicted molar refractivity (Wildman–Crippen MR) is 88.8 cm³/mol. The number of rotatable bonds is 6. The summed E-state index contributed by atoms with van der Waals surface area (Å²) in [4.78, 5) is 0. The summed E-state index contributed by atoms with van der Waals surface area (Å²) in [6.07, 6.45) is 0.757. The van der Waals surface area contributed by atoms with Gasteiger partial charge in [-0.05, 0) is 54.8 Å². The molecule has 0 aliphatic heterocycles. The first-order chi connectivity index (χ1) is 10.1. The van der Waals surface area contributed by atoms with E-state index in [9.17, 15) is 0 Å². The molecule has 0 aromatic heterocycles. The van der Waals surface area contributed by atoms with Gasteiger partial charge in [0.05, 0.1) is 7.11 Å². The molecule has 112 valence electrons. The number of benzene rings is 2. The Morgan fingerprint density at radius 2 is 1.86 bits per heavy atom. The van der Waals surface area contributed by atoms with Crippen LogP contribution in [0.1, 0.15) is 18.1 Å². The summed E-state index contributed by atoms with van der Waals surface area (Å²) in [5.41, 5.74) is 8.10. The van der Waals surface area contributed by atoms with E-state index in [2.05, 4.69) is 15.9 Å². The third-order valence-electron chi connectivity index (χ3n) is 3.12. The number of ether oxygens (including phenoxy) is 2. The van der Waals surface area contributed by atoms with Crippen LogP contribution >= 0.6 is 15.9 Å². The van der Waals surface area contributed by atoms with E-state index in [0.717, 1.165) is 33.5 Å². The van der Waals surface area contributed by atoms with Crippen LogP contribution in [0.4, 0.5) is 0 Å². The lowest BCUT2D eigenvalue weighted by Gasteiger charge is -2.14. The second-order valence-corrected chi connectivity index (χ2v) is 5.99. The summed E-state index contributed by atoms with van der Waals surface area (Å²) in [6.45, 7) is 2.52. The van der Waals surface area contributed by atoms with Gasteiger partial charge in [-0.2, -0.15) is 0 Å². The summed E-state index contributed by atoms with van der Waals surface area (Å²) < 4.78 is 12.3. The largest absolute Gasteiger partial charge is 0.497 e. The Morgan fingerprint density at radius 1 is 1.14 bits per heavy atom. The quantitative estimate of drug-likeness (QED) is 0.859. The van der Waals surface area contributed by atoms with Gasteiger partial charge in [-0.1, -0.05) is 28.1 Å². The molecule has 3 nitrogen and oxygen atoms in total. The smallest absolute Gasteiger partial charge is 0.123 e. The zero-order valence-corrected chi connectivity index (χ0v) is 13.9. The first-order valence-corrected chi connectivity index (χ1v) is 7.67. The molecule has 1 atom stereocenters. The van der Waals surface area contributed by atoms with E-state index < -0.39 is 0 Å². The molecule has 0 bridgehead atoms. The molecule has 0 fully saturated rings. The van der Waals surface area contributed by atoms with Gasteiger partial charge >= 0.3 is 0 Å². The van der Waals surface area contributed by atoms with Crippen molar-refractivity contribution in [3.63, 3.8) is 0 Å². The molecule has 0 aliphatic rings. The SMILES string of the molecule is COc1ccc(OCc2ccc(Br)cc2)c(CC(C)N)c1. The van der Waals surface area contributed by atoms with Gasteiger partial charge in [0.25, 0.3) is 0 Å². The Labute approximate surface area is 134 Å². The topological polar surface area (TPSA) is 44.5 Å². The van der Waals surface area contributed by atoms with E-state index in [4.69, 9.17) is 15.2 Å². The first kappa shape index (κ1) is 15.9. The van der Waals surface area contributed by atoms with Gasteiger partial charge in [-0.15, -0.1) is 0 Å². The lowest BCUT2D eigenvalue weighted by atomic mass is 10.1. The Kier molecular flexibility index (Phi) is 5.65. The second-order valence-electron chi connectivity index (χ2n) is 5.07. The molecule has 0 saturated heterocycles. The van der Waals surface area contributed by atoms with Crippen molar-refractivity contribution in [2.24, 2.45) is 5.73 Å². The number of nitrogens with two attached hydrogens (primary N) is 1. The molecule has 0 amide bonds. The minimum absolute atomic E-state index is 0.0761. The van der Waals surface area contributed by atoms with Crippen molar-refractivity contribution in [2.45, 2.75) is 26.0 Å². The Balaban J connectivity index is 2.12. The molecule has 0 saturated carbocycles. The third-order valence-corrected chi connectivity index (χ3v) is 3.65. The first-order valence-electron chi connectivity index (χ1n) is 6.88. The van der Waals surface area contributed by atoms with E-state index in [1.54, 1.807) is 7.11 Å². The van der Waals surface area contributed by atoms with Crippen LogP contribution in [0, 0.1) is 0 Å². The molecule has 4 heteroatoms. The van der Waals surface area contributed by atoms with Gasteiger partial charge in [-0.3, -0.25) is 0 Å². The third kappa shape index (κ3) is 4.76. The van der Waals surface area contributed by atoms with Gasteiger partial charge < -0.3 is 15.2 Å². The van der Waals surface area contributed by atoms with Crippen LogP contribution in [0.2, 0.25) is 0 Å². The van der Waals surface area contributed by atoms with Crippen molar-refractivity contribution >= 4 is 15.9 Å². The van der Waals surface area contributed by atoms with Gasteiger partial charge in [0.15, 0.2) is 0 Å². The minimum atomic E-state index is 0.0761. The van der Waals surface area contributed by atoms with Crippen LogP contribution in [0.25, 0.3) is 0 Å². The van der Waals surface area contributed by atoms with E-state index in [0.29, 0.717) is 6.61 Å². The fourth-order valence-corrected chi connectivity index (χ4v) is 2.34. The Bertz CT molecular complexity index is 582. The summed E-state index contributed by atoms with van der Waals surface area (Å²) in [7, 11) is 1.66. The highest BCUT2D eigenvalue weighted by Gasteiger charge is 2.08. The fourth-order valence-electron chi connectivity index (χ4n) is 2.07. The monoisotopic (exact) mass is 349 g/mol. The number of methoxy groups -OCH3 is 1. The normalized spacial score (nSPS) is 12.0. The van der Waals surface area contributed by atoms with Crippen LogP contribution in [-0.2, 0) is 13.0 Å². The predicted octanol–water partition coefficient (Wildman–Crippen LogP) is 3.93. The summed E-state index contributed by atoms with van der Waals surface area (Å²) in [6, 6.07) is 14.0. The summed E-state index contributed by atoms with van der Waals surface area (Å²) >= 11 is 3.43. The van der Waals surface area contributed by atoms with Gasteiger partial charge in [0.2, 0.25) is 0 Å². The molecule has 2 aromatic rings. The maximum atomic E-state index is 5.94. The van der Waals surface area contributed by atoms with Gasteiger partial charge in [-0.25, -0.2) is 0 Å². The molecule has 1 unspecified atom stereocenters. The Hall–Kier alpha value is -1.52. The molecular weight excluding hydrogens is 330 g/mol. The molecule has 21 heavy (non-hydrogen) atoms. The second kappa shape index (κ2) is 7.48. The lowest BCUT2D eigenvalue weighted by molar-refractivity contribution is 0.301. The standard InChI is InChI=1S/C17H20BrNO2/c1-12(19)9-14-10-16(20-2)7-8-17(14)21-11-13-3-5-15(18)6-4-13/h3-8,10,12H,9,11,19H2,1-2H3. The number of hydrogen-bond acceptors (Lipinski definition) is 3. The van der Waals surface area contributed by atoms with Crippen LogP contribution < -0.4 is 15.2 Å². The summed E-state index contributed by atoms with van der Waals surface area (Å²) in [5, 5.41) is 0. The van der Waals surface area contributed by atoms with E-state index in [1.165, 1.54) is 0 Å². The van der Waals surface area contributed by atoms with Crippen LogP contribution in [-0.4, -0.2) is 13.2 Å². The maximum absolute atomic E-state index is 5.94. The van der Waals surface area contributed by atoms with Crippen molar-refractivity contribution in [1.82, 2.24) is 0 Å². The molecular formula is C17H20BrNO2. The Morgan fingerprint density at radius 3 is 2.48 bits per heavy atom. The van der Waals surface area contributed by atoms with E-state index in [-0.39, 0.29) is 6.04 Å². The maximum Gasteiger partial charge on any atom is 0.123 e. The molecule has 0 spiro atoms. The molecule has 2 aromatic carbocycles. The fraction of sp³-hybridized carbons (Fsp3) is 0.294. The van der Waals surface area contributed by atoms with Crippen LogP contribution in [0.15, 0.2) is 46.9 Å². The zero-order valence-electron chi connectivity index (χ0n) is 12.3. The number of halogens is 1. The van der Waals surface area contributed by atoms with Crippen LogP contribution in [0.5, 0.6) is 11.5 Å². The lowest BCUT2D eigenvalue weighted by Crippen LogP contribution is -2.18. The van der Waals surface area contributed by atoms with Crippen molar-refractivity contribution in [2.75, 3.05) is 7.11 Å². The van der Waals surface area contributed by atoms with Crippen LogP contribution in [0.3, 0.4) is 0 Å². The van der Waals surface area contributed by atoms with Gasteiger partial charge in [0.1, 0.15) is 18.1 Å².